The molecule has 0 bridgehead atoms. The Bertz CT molecular complexity index is 442. The highest BCUT2D eigenvalue weighted by Crippen LogP contribution is 2.29. The molecule has 0 aromatic heterocycles. The highest BCUT2D eigenvalue weighted by molar-refractivity contribution is 5.94. The highest BCUT2D eigenvalue weighted by atomic mass is 35.5. The molecule has 1 heterocycles. The summed E-state index contributed by atoms with van der Waals surface area (Å²) in [6.07, 6.45) is 2.43. The standard InChI is InChI=1S/C16H24N2O.ClH/c1-12-5-7-13(8-6-12)15(19)18-11-14-16(2,3)9-4-10-17-14;/h5-8,14,17H,4,9-11H2,1-3H3,(H,18,19);1H. The Hall–Kier alpha value is -1.06. The molecule has 1 aromatic carbocycles. The summed E-state index contributed by atoms with van der Waals surface area (Å²) in [6, 6.07) is 8.06. The minimum atomic E-state index is 0. The summed E-state index contributed by atoms with van der Waals surface area (Å²) in [7, 11) is 0. The molecule has 1 aromatic rings. The number of hydrogen-bond donors (Lipinski definition) is 2. The first-order valence-electron chi connectivity index (χ1n) is 7.07. The molecular formula is C16H25ClN2O. The average Bonchev–Trinajstić information content (AvgIpc) is 2.37. The molecule has 0 aliphatic carbocycles. The fourth-order valence-electron chi connectivity index (χ4n) is 2.62. The number of aryl methyl sites for hydroxylation is 1. The van der Waals surface area contributed by atoms with Crippen LogP contribution in [0.4, 0.5) is 0 Å². The molecule has 2 rings (SSSR count). The van der Waals surface area contributed by atoms with Gasteiger partial charge in [0.15, 0.2) is 0 Å². The average molecular weight is 297 g/mol. The van der Waals surface area contributed by atoms with Gasteiger partial charge in [-0.15, -0.1) is 12.4 Å². The van der Waals surface area contributed by atoms with Crippen molar-refractivity contribution in [3.63, 3.8) is 0 Å². The molecule has 0 radical (unpaired) electrons. The van der Waals surface area contributed by atoms with Crippen molar-refractivity contribution in [3.05, 3.63) is 35.4 Å². The summed E-state index contributed by atoms with van der Waals surface area (Å²) in [5.74, 6) is 0.0168. The number of piperidine rings is 1. The Morgan fingerprint density at radius 2 is 2.00 bits per heavy atom. The summed E-state index contributed by atoms with van der Waals surface area (Å²) in [4.78, 5) is 12.1. The summed E-state index contributed by atoms with van der Waals surface area (Å²) < 4.78 is 0. The molecule has 4 heteroatoms. The molecule has 1 unspecified atom stereocenters. The lowest BCUT2D eigenvalue weighted by atomic mass is 9.77. The Balaban J connectivity index is 0.00000200. The van der Waals surface area contributed by atoms with Gasteiger partial charge in [0.1, 0.15) is 0 Å². The van der Waals surface area contributed by atoms with Crippen LogP contribution in [0.15, 0.2) is 24.3 Å². The van der Waals surface area contributed by atoms with E-state index in [9.17, 15) is 4.79 Å². The van der Waals surface area contributed by atoms with Gasteiger partial charge >= 0.3 is 0 Å². The first-order valence-corrected chi connectivity index (χ1v) is 7.07. The largest absolute Gasteiger partial charge is 0.350 e. The molecule has 1 fully saturated rings. The van der Waals surface area contributed by atoms with Gasteiger partial charge in [0.25, 0.3) is 5.91 Å². The number of amides is 1. The Morgan fingerprint density at radius 1 is 1.35 bits per heavy atom. The van der Waals surface area contributed by atoms with E-state index >= 15 is 0 Å². The van der Waals surface area contributed by atoms with Crippen molar-refractivity contribution >= 4 is 18.3 Å². The predicted molar refractivity (Wildman–Crippen MR) is 85.6 cm³/mol. The lowest BCUT2D eigenvalue weighted by molar-refractivity contribution is 0.0929. The van der Waals surface area contributed by atoms with Crippen molar-refractivity contribution in [2.45, 2.75) is 39.7 Å². The predicted octanol–water partition coefficient (Wildman–Crippen LogP) is 2.92. The molecule has 1 aliphatic rings. The van der Waals surface area contributed by atoms with Gasteiger partial charge in [0.2, 0.25) is 0 Å². The van der Waals surface area contributed by atoms with Crippen LogP contribution in [-0.2, 0) is 0 Å². The van der Waals surface area contributed by atoms with E-state index in [0.717, 1.165) is 12.1 Å². The van der Waals surface area contributed by atoms with E-state index < -0.39 is 0 Å². The zero-order chi connectivity index (χ0) is 13.9. The number of carbonyl (C=O) groups is 1. The summed E-state index contributed by atoms with van der Waals surface area (Å²) in [5, 5.41) is 6.55. The molecule has 3 nitrogen and oxygen atoms in total. The third kappa shape index (κ3) is 4.22. The van der Waals surface area contributed by atoms with E-state index in [-0.39, 0.29) is 23.7 Å². The van der Waals surface area contributed by atoms with Crippen molar-refractivity contribution in [2.75, 3.05) is 13.1 Å². The van der Waals surface area contributed by atoms with E-state index in [4.69, 9.17) is 0 Å². The summed E-state index contributed by atoms with van der Waals surface area (Å²) in [5.41, 5.74) is 2.16. The molecule has 20 heavy (non-hydrogen) atoms. The first kappa shape index (κ1) is 17.0. The molecule has 112 valence electrons. The number of carbonyl (C=O) groups excluding carboxylic acids is 1. The van der Waals surface area contributed by atoms with Crippen LogP contribution in [0.1, 0.15) is 42.6 Å². The van der Waals surface area contributed by atoms with E-state index in [1.54, 1.807) is 0 Å². The van der Waals surface area contributed by atoms with Crippen molar-refractivity contribution in [3.8, 4) is 0 Å². The van der Waals surface area contributed by atoms with Crippen LogP contribution in [0, 0.1) is 12.3 Å². The smallest absolute Gasteiger partial charge is 0.251 e. The van der Waals surface area contributed by atoms with Crippen LogP contribution in [0.2, 0.25) is 0 Å². The van der Waals surface area contributed by atoms with Gasteiger partial charge in [0, 0.05) is 18.2 Å². The topological polar surface area (TPSA) is 41.1 Å². The van der Waals surface area contributed by atoms with Gasteiger partial charge < -0.3 is 10.6 Å². The number of rotatable bonds is 3. The maximum absolute atomic E-state index is 12.1. The van der Waals surface area contributed by atoms with E-state index in [0.29, 0.717) is 12.6 Å². The SMILES string of the molecule is Cc1ccc(C(=O)NCC2NCCCC2(C)C)cc1.Cl. The van der Waals surface area contributed by atoms with E-state index in [2.05, 4.69) is 24.5 Å². The molecule has 1 amide bonds. The van der Waals surface area contributed by atoms with Gasteiger partial charge in [-0.2, -0.15) is 0 Å². The minimum absolute atomic E-state index is 0. The van der Waals surface area contributed by atoms with Crippen LogP contribution < -0.4 is 10.6 Å². The number of nitrogens with one attached hydrogen (secondary N) is 2. The third-order valence-electron chi connectivity index (χ3n) is 4.11. The van der Waals surface area contributed by atoms with Crippen molar-refractivity contribution < 1.29 is 4.79 Å². The summed E-state index contributed by atoms with van der Waals surface area (Å²) in [6.45, 7) is 8.30. The van der Waals surface area contributed by atoms with Gasteiger partial charge in [0.05, 0.1) is 0 Å². The van der Waals surface area contributed by atoms with Crippen LogP contribution in [0.25, 0.3) is 0 Å². The van der Waals surface area contributed by atoms with Crippen LogP contribution >= 0.6 is 12.4 Å². The Labute approximate surface area is 127 Å². The molecule has 2 N–H and O–H groups in total. The van der Waals surface area contributed by atoms with Crippen molar-refractivity contribution in [1.29, 1.82) is 0 Å². The van der Waals surface area contributed by atoms with E-state index in [1.807, 2.05) is 31.2 Å². The van der Waals surface area contributed by atoms with Crippen molar-refractivity contribution in [2.24, 2.45) is 5.41 Å². The maximum Gasteiger partial charge on any atom is 0.251 e. The normalized spacial score (nSPS) is 20.9. The van der Waals surface area contributed by atoms with Crippen LogP contribution in [0.3, 0.4) is 0 Å². The molecule has 1 atom stereocenters. The van der Waals surface area contributed by atoms with Crippen LogP contribution in [-0.4, -0.2) is 25.0 Å². The second-order valence-electron chi connectivity index (χ2n) is 6.17. The van der Waals surface area contributed by atoms with Gasteiger partial charge in [-0.25, -0.2) is 0 Å². The molecular weight excluding hydrogens is 272 g/mol. The zero-order valence-electron chi connectivity index (χ0n) is 12.5. The lowest BCUT2D eigenvalue weighted by Gasteiger charge is -2.39. The third-order valence-corrected chi connectivity index (χ3v) is 4.11. The fourth-order valence-corrected chi connectivity index (χ4v) is 2.62. The monoisotopic (exact) mass is 296 g/mol. The molecule has 1 saturated heterocycles. The fraction of sp³-hybridized carbons (Fsp3) is 0.562. The first-order chi connectivity index (χ1) is 8.99. The van der Waals surface area contributed by atoms with Crippen molar-refractivity contribution in [1.82, 2.24) is 10.6 Å². The maximum atomic E-state index is 12.1. The molecule has 0 spiro atoms. The van der Waals surface area contributed by atoms with Gasteiger partial charge in [-0.05, 0) is 43.9 Å². The zero-order valence-corrected chi connectivity index (χ0v) is 13.3. The lowest BCUT2D eigenvalue weighted by Crippen LogP contribution is -2.52. The summed E-state index contributed by atoms with van der Waals surface area (Å²) >= 11 is 0. The minimum Gasteiger partial charge on any atom is -0.350 e. The molecule has 1 aliphatic heterocycles. The number of hydrogen-bond acceptors (Lipinski definition) is 2. The Morgan fingerprint density at radius 3 is 2.60 bits per heavy atom. The molecule has 0 saturated carbocycles. The second kappa shape index (κ2) is 7.09. The van der Waals surface area contributed by atoms with Crippen LogP contribution in [0.5, 0.6) is 0 Å². The van der Waals surface area contributed by atoms with E-state index in [1.165, 1.54) is 18.4 Å². The van der Waals surface area contributed by atoms with Gasteiger partial charge in [-0.1, -0.05) is 31.5 Å². The van der Waals surface area contributed by atoms with Gasteiger partial charge in [-0.3, -0.25) is 4.79 Å². The second-order valence-corrected chi connectivity index (χ2v) is 6.17. The Kier molecular flexibility index (Phi) is 6.03. The highest BCUT2D eigenvalue weighted by Gasteiger charge is 2.31. The quantitative estimate of drug-likeness (QED) is 0.900. The number of halogens is 1. The number of benzene rings is 1.